The van der Waals surface area contributed by atoms with Gasteiger partial charge in [-0.25, -0.2) is 0 Å². The average Bonchev–Trinajstić information content (AvgIpc) is 3.42. The van der Waals surface area contributed by atoms with Gasteiger partial charge in [0.1, 0.15) is 13.2 Å². The van der Waals surface area contributed by atoms with Crippen LogP contribution in [0.25, 0.3) is 0 Å². The molecule has 0 rings (SSSR count). The quantitative estimate of drug-likeness (QED) is 0.0261. The zero-order valence-electron chi connectivity index (χ0n) is 48.7. The van der Waals surface area contributed by atoms with E-state index < -0.39 is 6.10 Å². The van der Waals surface area contributed by atoms with Gasteiger partial charge in [0.2, 0.25) is 0 Å². The van der Waals surface area contributed by atoms with Crippen molar-refractivity contribution in [1.82, 2.24) is 0 Å². The van der Waals surface area contributed by atoms with Gasteiger partial charge in [0.15, 0.2) is 6.10 Å². The molecule has 0 saturated heterocycles. The average molecular weight is 1050 g/mol. The molecule has 0 amide bonds. The molecule has 0 bridgehead atoms. The second-order valence-corrected chi connectivity index (χ2v) is 19.5. The lowest BCUT2D eigenvalue weighted by Crippen LogP contribution is -2.30. The van der Waals surface area contributed by atoms with E-state index in [4.69, 9.17) is 14.2 Å². The molecule has 6 nitrogen and oxygen atoms in total. The minimum atomic E-state index is -0.828. The number of rotatable bonds is 53. The number of hydrogen-bond acceptors (Lipinski definition) is 6. The summed E-state index contributed by atoms with van der Waals surface area (Å²) >= 11 is 0. The predicted molar refractivity (Wildman–Crippen MR) is 329 cm³/mol. The van der Waals surface area contributed by atoms with E-state index in [1.54, 1.807) is 0 Å². The van der Waals surface area contributed by atoms with Crippen LogP contribution in [0.2, 0.25) is 0 Å². The summed E-state index contributed by atoms with van der Waals surface area (Å²) in [6, 6.07) is 0. The first-order valence-electron chi connectivity index (χ1n) is 30.5. The number of esters is 3. The molecule has 0 aromatic carbocycles. The van der Waals surface area contributed by atoms with Crippen LogP contribution in [0.3, 0.4) is 0 Å². The van der Waals surface area contributed by atoms with Gasteiger partial charge in [0, 0.05) is 19.3 Å². The molecule has 0 aliphatic carbocycles. The van der Waals surface area contributed by atoms with E-state index in [2.05, 4.69) is 179 Å². The molecule has 1 unspecified atom stereocenters. The van der Waals surface area contributed by atoms with E-state index in [1.165, 1.54) is 44.9 Å². The molecule has 0 fully saturated rings. The number of hydrogen-bond donors (Lipinski definition) is 0. The van der Waals surface area contributed by atoms with Gasteiger partial charge in [-0.2, -0.15) is 0 Å². The fourth-order valence-electron chi connectivity index (χ4n) is 7.75. The largest absolute Gasteiger partial charge is 0.462 e. The van der Waals surface area contributed by atoms with Crippen molar-refractivity contribution < 1.29 is 28.6 Å². The molecule has 0 N–H and O–H groups in total. The fourth-order valence-corrected chi connectivity index (χ4v) is 7.75. The molecule has 0 aliphatic rings. The summed E-state index contributed by atoms with van der Waals surface area (Å²) in [7, 11) is 0. The Bertz CT molecular complexity index is 1720. The van der Waals surface area contributed by atoms with Crippen LogP contribution in [0.1, 0.15) is 245 Å². The number of carbonyl (C=O) groups excluding carboxylic acids is 3. The molecule has 0 heterocycles. The second-order valence-electron chi connectivity index (χ2n) is 19.5. The van der Waals surface area contributed by atoms with E-state index in [0.717, 1.165) is 154 Å². The maximum Gasteiger partial charge on any atom is 0.306 e. The highest BCUT2D eigenvalue weighted by atomic mass is 16.6. The number of allylic oxidation sites excluding steroid dienone is 26. The molecule has 0 spiro atoms. The Labute approximate surface area is 467 Å². The molecule has 0 aliphatic heterocycles. The van der Waals surface area contributed by atoms with E-state index in [-0.39, 0.29) is 37.5 Å². The molecule has 0 saturated carbocycles. The third-order valence-corrected chi connectivity index (χ3v) is 12.2. The summed E-state index contributed by atoms with van der Waals surface area (Å²) in [4.78, 5) is 38.2. The molecule has 76 heavy (non-hydrogen) atoms. The van der Waals surface area contributed by atoms with E-state index in [0.29, 0.717) is 19.3 Å². The summed E-state index contributed by atoms with van der Waals surface area (Å²) in [6.07, 6.45) is 91.0. The van der Waals surface area contributed by atoms with Crippen molar-refractivity contribution in [1.29, 1.82) is 0 Å². The summed E-state index contributed by atoms with van der Waals surface area (Å²) in [5.41, 5.74) is 0. The minimum Gasteiger partial charge on any atom is -0.462 e. The predicted octanol–water partition coefficient (Wildman–Crippen LogP) is 20.9. The fraction of sp³-hybridized carbons (Fsp3) is 0.586. The van der Waals surface area contributed by atoms with Crippen LogP contribution in [0.5, 0.6) is 0 Å². The summed E-state index contributed by atoms with van der Waals surface area (Å²) in [5, 5.41) is 0. The zero-order chi connectivity index (χ0) is 55.0. The lowest BCUT2D eigenvalue weighted by Gasteiger charge is -2.18. The minimum absolute atomic E-state index is 0.118. The highest BCUT2D eigenvalue weighted by Crippen LogP contribution is 2.13. The Hall–Kier alpha value is -4.97. The number of unbranched alkanes of at least 4 members (excludes halogenated alkanes) is 16. The first-order chi connectivity index (χ1) is 37.5. The molecule has 1 atom stereocenters. The van der Waals surface area contributed by atoms with Crippen LogP contribution in [-0.2, 0) is 28.6 Å². The topological polar surface area (TPSA) is 78.9 Å². The van der Waals surface area contributed by atoms with Crippen LogP contribution in [-0.4, -0.2) is 37.2 Å². The van der Waals surface area contributed by atoms with Crippen LogP contribution < -0.4 is 0 Å². The van der Waals surface area contributed by atoms with Crippen LogP contribution in [0.15, 0.2) is 158 Å². The van der Waals surface area contributed by atoms with Gasteiger partial charge in [-0.1, -0.05) is 243 Å². The van der Waals surface area contributed by atoms with Crippen LogP contribution in [0, 0.1) is 0 Å². The van der Waals surface area contributed by atoms with Crippen molar-refractivity contribution in [3.05, 3.63) is 158 Å². The molecule has 0 radical (unpaired) electrons. The first kappa shape index (κ1) is 71.0. The summed E-state index contributed by atoms with van der Waals surface area (Å²) in [6.45, 7) is 6.32. The van der Waals surface area contributed by atoms with Gasteiger partial charge in [-0.3, -0.25) is 14.4 Å². The molecule has 0 aromatic rings. The van der Waals surface area contributed by atoms with Crippen molar-refractivity contribution in [2.75, 3.05) is 13.2 Å². The Kier molecular flexibility index (Phi) is 58.5. The normalized spacial score (nSPS) is 13.2. The van der Waals surface area contributed by atoms with Crippen molar-refractivity contribution >= 4 is 17.9 Å². The summed E-state index contributed by atoms with van der Waals surface area (Å²) in [5.74, 6) is -1.01. The van der Waals surface area contributed by atoms with Crippen LogP contribution >= 0.6 is 0 Å². The molecule has 0 aromatic heterocycles. The molecule has 426 valence electrons. The Morgan fingerprint density at radius 3 is 0.855 bits per heavy atom. The molecular weight excluding hydrogens is 937 g/mol. The van der Waals surface area contributed by atoms with Gasteiger partial charge in [-0.05, 0) is 141 Å². The Morgan fingerprint density at radius 1 is 0.276 bits per heavy atom. The van der Waals surface area contributed by atoms with Gasteiger partial charge >= 0.3 is 17.9 Å². The number of carbonyl (C=O) groups is 3. The van der Waals surface area contributed by atoms with Gasteiger partial charge in [0.05, 0.1) is 0 Å². The summed E-state index contributed by atoms with van der Waals surface area (Å²) < 4.78 is 16.8. The van der Waals surface area contributed by atoms with Crippen LogP contribution in [0.4, 0.5) is 0 Å². The van der Waals surface area contributed by atoms with Gasteiger partial charge in [0.25, 0.3) is 0 Å². The standard InChI is InChI=1S/C70H110O6/c1-4-7-10-13-16-19-22-25-28-30-31-32-33-34-35-36-37-38-39-41-42-45-48-51-54-57-60-63-69(72)75-66-67(65-74-68(71)62-59-56-53-50-47-44-27-24-21-18-15-12-9-6-3)76-70(73)64-61-58-55-52-49-46-43-40-29-26-23-20-17-14-11-8-5-2/h7-8,10-11,16-17,19-20,24-29,31-32,34-35,37-38,41-43,46,52,55,67H,4-6,9,12-15,18,21-23,30,33,36,39-40,44-45,47-51,53-54,56-66H2,1-3H3/b10-7-,11-8-,19-16-,20-17-,27-24-,28-25-,29-26-,32-31-,35-34-,38-37-,42-41-,46-43-,55-52-. The molecule has 6 heteroatoms. The van der Waals surface area contributed by atoms with Crippen molar-refractivity contribution in [2.45, 2.75) is 252 Å². The smallest absolute Gasteiger partial charge is 0.306 e. The van der Waals surface area contributed by atoms with Gasteiger partial charge < -0.3 is 14.2 Å². The first-order valence-corrected chi connectivity index (χ1v) is 30.5. The highest BCUT2D eigenvalue weighted by Gasteiger charge is 2.19. The monoisotopic (exact) mass is 1050 g/mol. The van der Waals surface area contributed by atoms with Crippen molar-refractivity contribution in [3.63, 3.8) is 0 Å². The van der Waals surface area contributed by atoms with Crippen molar-refractivity contribution in [2.24, 2.45) is 0 Å². The maximum atomic E-state index is 12.9. The third-order valence-electron chi connectivity index (χ3n) is 12.2. The molecular formula is C70H110O6. The van der Waals surface area contributed by atoms with E-state index >= 15 is 0 Å². The highest BCUT2D eigenvalue weighted by molar-refractivity contribution is 5.71. The SMILES string of the molecule is CC/C=C\C/C=C\C/C=C\C/C=C\C/C=C\C/C=C\C/C=C\CCCCCCCC(=O)OCC(COC(=O)CCCCCCC/C=C\CCCCCCC)OC(=O)CCC/C=C\C/C=C\C/C=C\C/C=C\C/C=C\CC. The second kappa shape index (κ2) is 62.6. The van der Waals surface area contributed by atoms with E-state index in [1.807, 2.05) is 0 Å². The Balaban J connectivity index is 4.49. The van der Waals surface area contributed by atoms with Gasteiger partial charge in [-0.15, -0.1) is 0 Å². The zero-order valence-corrected chi connectivity index (χ0v) is 48.7. The van der Waals surface area contributed by atoms with E-state index in [9.17, 15) is 14.4 Å². The lowest BCUT2D eigenvalue weighted by molar-refractivity contribution is -0.167. The maximum absolute atomic E-state index is 12.9. The van der Waals surface area contributed by atoms with Crippen molar-refractivity contribution in [3.8, 4) is 0 Å². The Morgan fingerprint density at radius 2 is 0.526 bits per heavy atom. The third kappa shape index (κ3) is 59.9. The lowest BCUT2D eigenvalue weighted by atomic mass is 10.1. The number of ether oxygens (including phenoxy) is 3.